The first-order chi connectivity index (χ1) is 13.5. The van der Waals surface area contributed by atoms with Crippen molar-refractivity contribution in [1.29, 1.82) is 0 Å². The molecule has 0 saturated carbocycles. The maximum Gasteiger partial charge on any atom is 0.420 e. The molecular weight excluding hydrogens is 358 g/mol. The number of fused-ring (bicyclic) bond motifs is 1. The van der Waals surface area contributed by atoms with Crippen LogP contribution in [-0.4, -0.2) is 25.2 Å². The number of hydrogen-bond acceptors (Lipinski definition) is 5. The van der Waals surface area contributed by atoms with Crippen LogP contribution in [0.25, 0.3) is 16.8 Å². The molecule has 8 nitrogen and oxygen atoms in total. The number of oxazole rings is 1. The number of amides is 1. The number of para-hydroxylation sites is 2. The van der Waals surface area contributed by atoms with Crippen molar-refractivity contribution in [3.8, 4) is 5.69 Å². The van der Waals surface area contributed by atoms with Gasteiger partial charge in [0.25, 0.3) is 0 Å². The molecule has 4 rings (SSSR count). The molecule has 142 valence electrons. The van der Waals surface area contributed by atoms with Gasteiger partial charge in [-0.05, 0) is 43.7 Å². The lowest BCUT2D eigenvalue weighted by Gasteiger charge is -2.18. The number of rotatable bonds is 5. The molecule has 4 aromatic rings. The van der Waals surface area contributed by atoms with Gasteiger partial charge in [0, 0.05) is 0 Å². The van der Waals surface area contributed by atoms with Gasteiger partial charge in [0.1, 0.15) is 18.7 Å². The molecule has 8 heteroatoms. The normalized spacial score (nSPS) is 13.4. The lowest BCUT2D eigenvalue weighted by Crippen LogP contribution is -2.35. The molecular formula is C20H19N5O3. The third kappa shape index (κ3) is 3.20. The van der Waals surface area contributed by atoms with Crippen molar-refractivity contribution < 1.29 is 9.21 Å². The molecule has 28 heavy (non-hydrogen) atoms. The molecule has 0 saturated heterocycles. The van der Waals surface area contributed by atoms with Gasteiger partial charge in [-0.3, -0.25) is 9.36 Å². The van der Waals surface area contributed by atoms with Crippen LogP contribution in [0.4, 0.5) is 0 Å². The fourth-order valence-corrected chi connectivity index (χ4v) is 3.14. The monoisotopic (exact) mass is 377 g/mol. The van der Waals surface area contributed by atoms with Gasteiger partial charge in [-0.15, -0.1) is 0 Å². The number of carbonyl (C=O) groups excluding carboxylic acids is 1. The van der Waals surface area contributed by atoms with Gasteiger partial charge in [-0.1, -0.05) is 24.3 Å². The van der Waals surface area contributed by atoms with Crippen LogP contribution >= 0.6 is 0 Å². The summed E-state index contributed by atoms with van der Waals surface area (Å²) < 4.78 is 8.25. The predicted molar refractivity (Wildman–Crippen MR) is 103 cm³/mol. The summed E-state index contributed by atoms with van der Waals surface area (Å²) in [6, 6.07) is 13.8. The van der Waals surface area contributed by atoms with E-state index in [4.69, 9.17) is 4.42 Å². The quantitative estimate of drug-likeness (QED) is 0.577. The largest absolute Gasteiger partial charge is 0.420 e. The molecule has 1 amide bonds. The summed E-state index contributed by atoms with van der Waals surface area (Å²) in [6.45, 7) is 3.57. The van der Waals surface area contributed by atoms with Crippen LogP contribution in [-0.2, 0) is 4.79 Å². The summed E-state index contributed by atoms with van der Waals surface area (Å²) in [5.41, 5.74) is 2.88. The van der Waals surface area contributed by atoms with Crippen LogP contribution in [0, 0.1) is 0 Å². The zero-order valence-electron chi connectivity index (χ0n) is 15.4. The van der Waals surface area contributed by atoms with E-state index in [1.165, 1.54) is 10.9 Å². The van der Waals surface area contributed by atoms with Crippen LogP contribution in [0.15, 0.2) is 70.4 Å². The van der Waals surface area contributed by atoms with E-state index in [1.807, 2.05) is 31.2 Å². The fraction of sp³-hybridized carbons (Fsp3) is 0.200. The molecule has 2 heterocycles. The molecule has 0 bridgehead atoms. The maximum atomic E-state index is 12.7. The Hall–Kier alpha value is -3.68. The van der Waals surface area contributed by atoms with Gasteiger partial charge in [-0.2, -0.15) is 5.10 Å². The standard InChI is InChI=1S/C20H19N5O3/c1-13(15-7-9-16(10-8-15)24-12-21-11-22-24)23-19(26)14(2)25-17-5-3-4-6-18(17)28-20(25)27/h3-14H,1-2H3,(H,23,26)/t13-,14-/m1/s1. The Kier molecular flexibility index (Phi) is 4.52. The Bertz CT molecular complexity index is 1160. The Balaban J connectivity index is 1.51. The van der Waals surface area contributed by atoms with Crippen LogP contribution in [0.2, 0.25) is 0 Å². The van der Waals surface area contributed by atoms with Crippen molar-refractivity contribution in [2.24, 2.45) is 0 Å². The van der Waals surface area contributed by atoms with E-state index in [2.05, 4.69) is 15.4 Å². The zero-order valence-corrected chi connectivity index (χ0v) is 15.4. The third-order valence-electron chi connectivity index (χ3n) is 4.72. The van der Waals surface area contributed by atoms with Gasteiger partial charge in [0.2, 0.25) is 5.91 Å². The van der Waals surface area contributed by atoms with E-state index in [1.54, 1.807) is 42.2 Å². The van der Waals surface area contributed by atoms with Crippen LogP contribution in [0.3, 0.4) is 0 Å². The summed E-state index contributed by atoms with van der Waals surface area (Å²) in [6.07, 6.45) is 3.09. The highest BCUT2D eigenvalue weighted by Gasteiger charge is 2.22. The minimum Gasteiger partial charge on any atom is -0.408 e. The Morgan fingerprint density at radius 3 is 2.57 bits per heavy atom. The van der Waals surface area contributed by atoms with Gasteiger partial charge in [0.05, 0.1) is 17.2 Å². The highest BCUT2D eigenvalue weighted by atomic mass is 16.4. The SMILES string of the molecule is C[C@H](C(=O)N[C@H](C)c1ccc(-n2cncn2)cc1)n1c(=O)oc2ccccc21. The van der Waals surface area contributed by atoms with Gasteiger partial charge in [-0.25, -0.2) is 14.5 Å². The van der Waals surface area contributed by atoms with Gasteiger partial charge in [0.15, 0.2) is 5.58 Å². The van der Waals surface area contributed by atoms with Crippen molar-refractivity contribution in [2.45, 2.75) is 25.9 Å². The molecule has 2 atom stereocenters. The highest BCUT2D eigenvalue weighted by Crippen LogP contribution is 2.19. The number of benzene rings is 2. The number of aromatic nitrogens is 4. The molecule has 0 aliphatic heterocycles. The molecule has 2 aromatic heterocycles. The molecule has 0 spiro atoms. The summed E-state index contributed by atoms with van der Waals surface area (Å²) >= 11 is 0. The zero-order chi connectivity index (χ0) is 19.7. The summed E-state index contributed by atoms with van der Waals surface area (Å²) in [7, 11) is 0. The lowest BCUT2D eigenvalue weighted by molar-refractivity contribution is -0.124. The summed E-state index contributed by atoms with van der Waals surface area (Å²) in [5.74, 6) is -0.810. The van der Waals surface area contributed by atoms with Gasteiger partial charge < -0.3 is 9.73 Å². The highest BCUT2D eigenvalue weighted by molar-refractivity contribution is 5.83. The second-order valence-corrected chi connectivity index (χ2v) is 6.54. The van der Waals surface area contributed by atoms with Crippen LogP contribution in [0.1, 0.15) is 31.5 Å². The average Bonchev–Trinajstić information content (AvgIpc) is 3.34. The minimum absolute atomic E-state index is 0.228. The number of carbonyl (C=O) groups is 1. The number of nitrogens with zero attached hydrogens (tertiary/aromatic N) is 4. The molecule has 0 aliphatic rings. The number of hydrogen-bond donors (Lipinski definition) is 1. The molecule has 0 radical (unpaired) electrons. The second-order valence-electron chi connectivity index (χ2n) is 6.54. The number of nitrogens with one attached hydrogen (secondary N) is 1. The van der Waals surface area contributed by atoms with Crippen molar-refractivity contribution in [3.05, 3.63) is 77.3 Å². The molecule has 0 fully saturated rings. The molecule has 0 unspecified atom stereocenters. The van der Waals surface area contributed by atoms with Crippen molar-refractivity contribution >= 4 is 17.0 Å². The molecule has 2 aromatic carbocycles. The van der Waals surface area contributed by atoms with Crippen molar-refractivity contribution in [2.75, 3.05) is 0 Å². The van der Waals surface area contributed by atoms with E-state index in [9.17, 15) is 9.59 Å². The summed E-state index contributed by atoms with van der Waals surface area (Å²) in [5, 5.41) is 7.04. The van der Waals surface area contributed by atoms with E-state index in [0.29, 0.717) is 11.1 Å². The van der Waals surface area contributed by atoms with Crippen LogP contribution in [0.5, 0.6) is 0 Å². The van der Waals surface area contributed by atoms with E-state index >= 15 is 0 Å². The maximum absolute atomic E-state index is 12.7. The Morgan fingerprint density at radius 1 is 1.11 bits per heavy atom. The minimum atomic E-state index is -0.701. The van der Waals surface area contributed by atoms with E-state index in [0.717, 1.165) is 11.3 Å². The van der Waals surface area contributed by atoms with E-state index < -0.39 is 11.8 Å². The first-order valence-corrected chi connectivity index (χ1v) is 8.90. The van der Waals surface area contributed by atoms with Crippen molar-refractivity contribution in [3.63, 3.8) is 0 Å². The van der Waals surface area contributed by atoms with E-state index in [-0.39, 0.29) is 11.9 Å². The summed E-state index contributed by atoms with van der Waals surface area (Å²) in [4.78, 5) is 28.9. The third-order valence-corrected chi connectivity index (χ3v) is 4.72. The predicted octanol–water partition coefficient (Wildman–Crippen LogP) is 2.61. The lowest BCUT2D eigenvalue weighted by atomic mass is 10.1. The average molecular weight is 377 g/mol. The van der Waals surface area contributed by atoms with Crippen molar-refractivity contribution in [1.82, 2.24) is 24.6 Å². The Labute approximate surface area is 160 Å². The fourth-order valence-electron chi connectivity index (χ4n) is 3.14. The second kappa shape index (κ2) is 7.15. The van der Waals surface area contributed by atoms with Gasteiger partial charge >= 0.3 is 5.76 Å². The smallest absolute Gasteiger partial charge is 0.408 e. The Morgan fingerprint density at radius 2 is 1.86 bits per heavy atom. The molecule has 0 aliphatic carbocycles. The first kappa shape index (κ1) is 17.7. The topological polar surface area (TPSA) is 95.0 Å². The van der Waals surface area contributed by atoms with Crippen LogP contribution < -0.4 is 11.1 Å². The first-order valence-electron chi connectivity index (χ1n) is 8.90. The molecule has 1 N–H and O–H groups in total.